The van der Waals surface area contributed by atoms with E-state index in [0.717, 1.165) is 23.7 Å². The molecule has 25 heavy (non-hydrogen) atoms. The smallest absolute Gasteiger partial charge is 0.0322 e. The van der Waals surface area contributed by atoms with Gasteiger partial charge in [0.25, 0.3) is 0 Å². The molecule has 0 aromatic rings. The van der Waals surface area contributed by atoms with E-state index >= 15 is 0 Å². The fourth-order valence-corrected chi connectivity index (χ4v) is 3.93. The maximum atomic E-state index is 2.48. The lowest BCUT2D eigenvalue weighted by atomic mass is 9.82. The second kappa shape index (κ2) is 17.2. The second-order valence-electron chi connectivity index (χ2n) is 8.86. The molecule has 0 radical (unpaired) electrons. The Bertz CT molecular complexity index is 290. The van der Waals surface area contributed by atoms with Crippen molar-refractivity contribution < 1.29 is 0 Å². The Labute approximate surface area is 161 Å². The molecule has 0 aliphatic carbocycles. The highest BCUT2D eigenvalue weighted by atomic mass is 14.2. The Morgan fingerprint density at radius 1 is 0.640 bits per heavy atom. The van der Waals surface area contributed by atoms with Crippen molar-refractivity contribution in [3.8, 4) is 0 Å². The summed E-state index contributed by atoms with van der Waals surface area (Å²) in [6.45, 7) is 14.4. The molecule has 0 heteroatoms. The van der Waals surface area contributed by atoms with Gasteiger partial charge in [-0.25, -0.2) is 0 Å². The molecule has 0 amide bonds. The van der Waals surface area contributed by atoms with E-state index in [1.54, 1.807) is 0 Å². The van der Waals surface area contributed by atoms with Crippen LogP contribution in [0.15, 0.2) is 12.2 Å². The van der Waals surface area contributed by atoms with Gasteiger partial charge < -0.3 is 0 Å². The van der Waals surface area contributed by atoms with E-state index < -0.39 is 0 Å². The van der Waals surface area contributed by atoms with Gasteiger partial charge in [0.05, 0.1) is 0 Å². The standard InChI is InChI=1S/C25H50/c1-7-10-12-13-14-15-17-24(6)25(9-3)21-20-23(5)19-18-22(4)16-11-8-2/h14-15,22-25H,7-13,16-21H2,1-6H3. The SMILES string of the molecule is CCCCCC=CCC(C)C(CC)CCC(C)CCC(C)CCCC. The Morgan fingerprint density at radius 3 is 1.84 bits per heavy atom. The van der Waals surface area contributed by atoms with Crippen molar-refractivity contribution in [3.63, 3.8) is 0 Å². The van der Waals surface area contributed by atoms with Gasteiger partial charge in [-0.2, -0.15) is 0 Å². The van der Waals surface area contributed by atoms with Crippen molar-refractivity contribution in [2.75, 3.05) is 0 Å². The number of allylic oxidation sites excluding steroid dienone is 2. The predicted molar refractivity (Wildman–Crippen MR) is 117 cm³/mol. The van der Waals surface area contributed by atoms with Crippen molar-refractivity contribution in [1.29, 1.82) is 0 Å². The summed E-state index contributed by atoms with van der Waals surface area (Å²) >= 11 is 0. The first-order valence-electron chi connectivity index (χ1n) is 11.7. The molecule has 0 rings (SSSR count). The fourth-order valence-electron chi connectivity index (χ4n) is 3.93. The summed E-state index contributed by atoms with van der Waals surface area (Å²) in [6, 6.07) is 0. The summed E-state index contributed by atoms with van der Waals surface area (Å²) in [7, 11) is 0. The van der Waals surface area contributed by atoms with Gasteiger partial charge in [-0.05, 0) is 49.4 Å². The molecule has 0 N–H and O–H groups in total. The second-order valence-corrected chi connectivity index (χ2v) is 8.86. The van der Waals surface area contributed by atoms with Crippen LogP contribution in [-0.2, 0) is 0 Å². The van der Waals surface area contributed by atoms with Crippen LogP contribution in [-0.4, -0.2) is 0 Å². The molecule has 0 saturated heterocycles. The Kier molecular flexibility index (Phi) is 17.0. The fraction of sp³-hybridized carbons (Fsp3) is 0.920. The van der Waals surface area contributed by atoms with Crippen LogP contribution >= 0.6 is 0 Å². The maximum absolute atomic E-state index is 2.48. The van der Waals surface area contributed by atoms with Crippen LogP contribution in [0.2, 0.25) is 0 Å². The topological polar surface area (TPSA) is 0 Å². The lowest BCUT2D eigenvalue weighted by Crippen LogP contribution is -2.12. The third-order valence-corrected chi connectivity index (χ3v) is 6.21. The van der Waals surface area contributed by atoms with Gasteiger partial charge in [-0.3, -0.25) is 0 Å². The minimum absolute atomic E-state index is 0.850. The molecule has 0 aliphatic heterocycles. The summed E-state index contributed by atoms with van der Waals surface area (Å²) in [5.74, 6) is 3.61. The van der Waals surface area contributed by atoms with Crippen molar-refractivity contribution in [3.05, 3.63) is 12.2 Å². The lowest BCUT2D eigenvalue weighted by molar-refractivity contribution is 0.289. The highest BCUT2D eigenvalue weighted by Gasteiger charge is 2.16. The van der Waals surface area contributed by atoms with Gasteiger partial charge in [0.1, 0.15) is 0 Å². The van der Waals surface area contributed by atoms with Crippen molar-refractivity contribution in [2.24, 2.45) is 23.7 Å². The van der Waals surface area contributed by atoms with Crippen LogP contribution in [0.1, 0.15) is 125 Å². The molecule has 0 aromatic heterocycles. The third kappa shape index (κ3) is 14.6. The molecule has 0 nitrogen and oxygen atoms in total. The summed E-state index contributed by atoms with van der Waals surface area (Å²) < 4.78 is 0. The summed E-state index contributed by atoms with van der Waals surface area (Å²) in [4.78, 5) is 0. The van der Waals surface area contributed by atoms with Gasteiger partial charge in [-0.15, -0.1) is 0 Å². The van der Waals surface area contributed by atoms with Crippen molar-refractivity contribution >= 4 is 0 Å². The molecule has 0 aliphatic rings. The Hall–Kier alpha value is -0.260. The summed E-state index contributed by atoms with van der Waals surface area (Å²) in [6.07, 6.45) is 22.8. The molecule has 0 aromatic carbocycles. The highest BCUT2D eigenvalue weighted by molar-refractivity contribution is 4.84. The monoisotopic (exact) mass is 350 g/mol. The zero-order valence-electron chi connectivity index (χ0n) is 18.7. The van der Waals surface area contributed by atoms with Crippen LogP contribution in [0.4, 0.5) is 0 Å². The molecule has 0 spiro atoms. The molecule has 150 valence electrons. The van der Waals surface area contributed by atoms with E-state index in [1.807, 2.05) is 0 Å². The van der Waals surface area contributed by atoms with Crippen LogP contribution < -0.4 is 0 Å². The van der Waals surface area contributed by atoms with Crippen LogP contribution in [0.5, 0.6) is 0 Å². The molecular weight excluding hydrogens is 300 g/mol. The predicted octanol–water partition coefficient (Wildman–Crippen LogP) is 9.20. The van der Waals surface area contributed by atoms with E-state index in [0.29, 0.717) is 0 Å². The average Bonchev–Trinajstić information content (AvgIpc) is 2.61. The van der Waals surface area contributed by atoms with Gasteiger partial charge in [-0.1, -0.05) is 111 Å². The number of hydrogen-bond acceptors (Lipinski definition) is 0. The maximum Gasteiger partial charge on any atom is -0.0322 e. The van der Waals surface area contributed by atoms with E-state index in [-0.39, 0.29) is 0 Å². The average molecular weight is 351 g/mol. The molecule has 0 heterocycles. The van der Waals surface area contributed by atoms with E-state index in [9.17, 15) is 0 Å². The van der Waals surface area contributed by atoms with Gasteiger partial charge >= 0.3 is 0 Å². The summed E-state index contributed by atoms with van der Waals surface area (Å²) in [5, 5.41) is 0. The van der Waals surface area contributed by atoms with Crippen molar-refractivity contribution in [1.82, 2.24) is 0 Å². The Morgan fingerprint density at radius 2 is 1.24 bits per heavy atom. The lowest BCUT2D eigenvalue weighted by Gasteiger charge is -2.24. The van der Waals surface area contributed by atoms with E-state index in [2.05, 4.69) is 53.7 Å². The van der Waals surface area contributed by atoms with Crippen molar-refractivity contribution in [2.45, 2.75) is 125 Å². The minimum atomic E-state index is 0.850. The van der Waals surface area contributed by atoms with Gasteiger partial charge in [0.15, 0.2) is 0 Å². The van der Waals surface area contributed by atoms with E-state index in [4.69, 9.17) is 0 Å². The first kappa shape index (κ1) is 24.7. The largest absolute Gasteiger partial charge is 0.0885 e. The van der Waals surface area contributed by atoms with Crippen LogP contribution in [0.25, 0.3) is 0 Å². The number of unbranched alkanes of at least 4 members (excludes halogenated alkanes) is 4. The molecule has 0 fully saturated rings. The first-order chi connectivity index (χ1) is 12.0. The third-order valence-electron chi connectivity index (χ3n) is 6.21. The summed E-state index contributed by atoms with van der Waals surface area (Å²) in [5.41, 5.74) is 0. The minimum Gasteiger partial charge on any atom is -0.0885 e. The zero-order chi connectivity index (χ0) is 18.9. The molecule has 0 bridgehead atoms. The van der Waals surface area contributed by atoms with E-state index in [1.165, 1.54) is 83.5 Å². The molecule has 4 atom stereocenters. The number of hydrogen-bond donors (Lipinski definition) is 0. The van der Waals surface area contributed by atoms with Gasteiger partial charge in [0.2, 0.25) is 0 Å². The van der Waals surface area contributed by atoms with Gasteiger partial charge in [0, 0.05) is 0 Å². The molecule has 0 saturated carbocycles. The highest BCUT2D eigenvalue weighted by Crippen LogP contribution is 2.28. The molecular formula is C25H50. The zero-order valence-corrected chi connectivity index (χ0v) is 18.7. The number of rotatable bonds is 17. The normalized spacial score (nSPS) is 16.9. The molecule has 4 unspecified atom stereocenters. The van der Waals surface area contributed by atoms with Crippen LogP contribution in [0.3, 0.4) is 0 Å². The Balaban J connectivity index is 3.93. The van der Waals surface area contributed by atoms with Crippen LogP contribution in [0, 0.1) is 23.7 Å². The quantitative estimate of drug-likeness (QED) is 0.181. The first-order valence-corrected chi connectivity index (χ1v) is 11.7.